The van der Waals surface area contributed by atoms with Crippen molar-refractivity contribution in [2.45, 2.75) is 37.4 Å². The molecule has 0 bridgehead atoms. The maximum atomic E-state index is 11.8. The SMILES string of the molecule is NC1CC(NS(=O)(=O)N2CCC(N)C2)C1. The van der Waals surface area contributed by atoms with Crippen LogP contribution in [0.1, 0.15) is 19.3 Å². The third-order valence-electron chi connectivity index (χ3n) is 3.02. The van der Waals surface area contributed by atoms with E-state index in [1.54, 1.807) is 0 Å². The Morgan fingerprint density at radius 2 is 1.87 bits per heavy atom. The average Bonchev–Trinajstić information content (AvgIpc) is 2.49. The Morgan fingerprint density at radius 1 is 1.20 bits per heavy atom. The molecule has 88 valence electrons. The first-order valence-electron chi connectivity index (χ1n) is 5.26. The number of nitrogens with zero attached hydrogens (tertiary/aromatic N) is 1. The van der Waals surface area contributed by atoms with Gasteiger partial charge in [0.15, 0.2) is 0 Å². The Labute approximate surface area is 90.2 Å². The van der Waals surface area contributed by atoms with E-state index in [0.717, 1.165) is 19.3 Å². The van der Waals surface area contributed by atoms with Crippen molar-refractivity contribution >= 4 is 10.2 Å². The second-order valence-electron chi connectivity index (χ2n) is 4.46. The van der Waals surface area contributed by atoms with Crippen LogP contribution in [0.15, 0.2) is 0 Å². The number of hydrogen-bond acceptors (Lipinski definition) is 4. The molecule has 6 nitrogen and oxygen atoms in total. The molecule has 0 amide bonds. The number of hydrogen-bond donors (Lipinski definition) is 3. The Kier molecular flexibility index (Phi) is 3.00. The molecule has 15 heavy (non-hydrogen) atoms. The van der Waals surface area contributed by atoms with E-state index >= 15 is 0 Å². The third kappa shape index (κ3) is 2.48. The van der Waals surface area contributed by atoms with Gasteiger partial charge in [0, 0.05) is 31.2 Å². The summed E-state index contributed by atoms with van der Waals surface area (Å²) in [6.45, 7) is 0.948. The number of nitrogens with two attached hydrogens (primary N) is 2. The molecule has 0 aromatic carbocycles. The van der Waals surface area contributed by atoms with Gasteiger partial charge in [-0.05, 0) is 19.3 Å². The highest BCUT2D eigenvalue weighted by atomic mass is 32.2. The van der Waals surface area contributed by atoms with Crippen LogP contribution >= 0.6 is 0 Å². The molecule has 0 spiro atoms. The smallest absolute Gasteiger partial charge is 0.279 e. The van der Waals surface area contributed by atoms with E-state index in [-0.39, 0.29) is 18.1 Å². The molecular formula is C8H18N4O2S. The first-order chi connectivity index (χ1) is 6.97. The van der Waals surface area contributed by atoms with E-state index in [1.807, 2.05) is 0 Å². The summed E-state index contributed by atoms with van der Waals surface area (Å²) in [6, 6.07) is 0.144. The zero-order chi connectivity index (χ0) is 11.1. The van der Waals surface area contributed by atoms with Gasteiger partial charge in [0.25, 0.3) is 10.2 Å². The van der Waals surface area contributed by atoms with Crippen molar-refractivity contribution in [3.05, 3.63) is 0 Å². The molecule has 1 aliphatic heterocycles. The highest BCUT2D eigenvalue weighted by Gasteiger charge is 2.34. The van der Waals surface area contributed by atoms with Gasteiger partial charge >= 0.3 is 0 Å². The van der Waals surface area contributed by atoms with Crippen molar-refractivity contribution in [2.24, 2.45) is 11.5 Å². The van der Waals surface area contributed by atoms with Crippen LogP contribution in [0.2, 0.25) is 0 Å². The summed E-state index contributed by atoms with van der Waals surface area (Å²) in [4.78, 5) is 0. The second kappa shape index (κ2) is 3.99. The molecule has 0 radical (unpaired) electrons. The summed E-state index contributed by atoms with van der Waals surface area (Å²) in [5, 5.41) is 0. The average molecular weight is 234 g/mol. The third-order valence-corrected chi connectivity index (χ3v) is 4.66. The van der Waals surface area contributed by atoms with Crippen molar-refractivity contribution < 1.29 is 8.42 Å². The Morgan fingerprint density at radius 3 is 2.33 bits per heavy atom. The summed E-state index contributed by atoms with van der Waals surface area (Å²) in [7, 11) is -3.33. The van der Waals surface area contributed by atoms with Crippen LogP contribution < -0.4 is 16.2 Å². The molecule has 1 saturated heterocycles. The molecule has 1 saturated carbocycles. The summed E-state index contributed by atoms with van der Waals surface area (Å²) in [5.74, 6) is 0. The maximum absolute atomic E-state index is 11.8. The topological polar surface area (TPSA) is 101 Å². The highest BCUT2D eigenvalue weighted by molar-refractivity contribution is 7.87. The minimum atomic E-state index is -3.33. The second-order valence-corrected chi connectivity index (χ2v) is 6.16. The molecule has 7 heteroatoms. The van der Waals surface area contributed by atoms with Crippen LogP contribution in [0.3, 0.4) is 0 Å². The van der Waals surface area contributed by atoms with E-state index in [1.165, 1.54) is 4.31 Å². The van der Waals surface area contributed by atoms with Gasteiger partial charge in [-0.25, -0.2) is 0 Å². The Hall–Kier alpha value is -0.210. The summed E-state index contributed by atoms with van der Waals surface area (Å²) >= 11 is 0. The normalized spacial score (nSPS) is 37.9. The monoisotopic (exact) mass is 234 g/mol. The zero-order valence-electron chi connectivity index (χ0n) is 8.59. The van der Waals surface area contributed by atoms with E-state index in [9.17, 15) is 8.42 Å². The molecule has 1 aliphatic carbocycles. The van der Waals surface area contributed by atoms with Crippen LogP contribution in [-0.4, -0.2) is 43.9 Å². The van der Waals surface area contributed by atoms with Crippen LogP contribution in [0.25, 0.3) is 0 Å². The van der Waals surface area contributed by atoms with Crippen molar-refractivity contribution in [1.29, 1.82) is 0 Å². The van der Waals surface area contributed by atoms with Gasteiger partial charge in [-0.3, -0.25) is 0 Å². The predicted molar refractivity (Wildman–Crippen MR) is 57.2 cm³/mol. The standard InChI is InChI=1S/C8H18N4O2S/c9-6-1-2-12(5-6)15(13,14)11-8-3-7(10)4-8/h6-8,11H,1-5,9-10H2. The van der Waals surface area contributed by atoms with Gasteiger partial charge in [-0.15, -0.1) is 0 Å². The minimum absolute atomic E-state index is 0.0156. The van der Waals surface area contributed by atoms with Crippen molar-refractivity contribution in [3.63, 3.8) is 0 Å². The van der Waals surface area contributed by atoms with Crippen LogP contribution in [0.5, 0.6) is 0 Å². The van der Waals surface area contributed by atoms with Crippen LogP contribution in [-0.2, 0) is 10.2 Å². The first-order valence-corrected chi connectivity index (χ1v) is 6.70. The lowest BCUT2D eigenvalue weighted by molar-refractivity contribution is 0.318. The molecule has 1 heterocycles. The first kappa shape index (κ1) is 11.3. The zero-order valence-corrected chi connectivity index (χ0v) is 9.41. The molecule has 2 fully saturated rings. The lowest BCUT2D eigenvalue weighted by Gasteiger charge is -2.33. The van der Waals surface area contributed by atoms with E-state index < -0.39 is 10.2 Å². The predicted octanol–water partition coefficient (Wildman–Crippen LogP) is -1.66. The lowest BCUT2D eigenvalue weighted by Crippen LogP contribution is -2.53. The summed E-state index contributed by atoms with van der Waals surface area (Å²) < 4.78 is 27.7. The van der Waals surface area contributed by atoms with Crippen LogP contribution in [0.4, 0.5) is 0 Å². The largest absolute Gasteiger partial charge is 0.328 e. The number of rotatable bonds is 3. The van der Waals surface area contributed by atoms with E-state index in [2.05, 4.69) is 4.72 Å². The molecule has 2 aliphatic rings. The van der Waals surface area contributed by atoms with Gasteiger partial charge < -0.3 is 11.5 Å². The van der Waals surface area contributed by atoms with Crippen LogP contribution in [0, 0.1) is 0 Å². The molecule has 1 unspecified atom stereocenters. The van der Waals surface area contributed by atoms with Gasteiger partial charge in [-0.2, -0.15) is 17.4 Å². The fourth-order valence-electron chi connectivity index (χ4n) is 2.02. The fraction of sp³-hybridized carbons (Fsp3) is 1.00. The Bertz CT molecular complexity index is 326. The molecule has 2 rings (SSSR count). The molecule has 0 aromatic heterocycles. The number of nitrogens with one attached hydrogen (secondary N) is 1. The summed E-state index contributed by atoms with van der Waals surface area (Å²) in [6.07, 6.45) is 2.21. The van der Waals surface area contributed by atoms with Crippen molar-refractivity contribution in [2.75, 3.05) is 13.1 Å². The fourth-order valence-corrected chi connectivity index (χ4v) is 3.51. The van der Waals surface area contributed by atoms with Gasteiger partial charge in [0.2, 0.25) is 0 Å². The van der Waals surface area contributed by atoms with Crippen molar-refractivity contribution in [3.8, 4) is 0 Å². The quantitative estimate of drug-likeness (QED) is 0.544. The van der Waals surface area contributed by atoms with Crippen molar-refractivity contribution in [1.82, 2.24) is 9.03 Å². The molecule has 1 atom stereocenters. The highest BCUT2D eigenvalue weighted by Crippen LogP contribution is 2.20. The van der Waals surface area contributed by atoms with E-state index in [4.69, 9.17) is 11.5 Å². The lowest BCUT2D eigenvalue weighted by atomic mass is 9.89. The van der Waals surface area contributed by atoms with Gasteiger partial charge in [0.1, 0.15) is 0 Å². The minimum Gasteiger partial charge on any atom is -0.328 e. The maximum Gasteiger partial charge on any atom is 0.279 e. The molecule has 5 N–H and O–H groups in total. The molecule has 0 aromatic rings. The van der Waals surface area contributed by atoms with E-state index in [0.29, 0.717) is 13.1 Å². The van der Waals surface area contributed by atoms with Gasteiger partial charge in [0.05, 0.1) is 0 Å². The summed E-state index contributed by atoms with van der Waals surface area (Å²) in [5.41, 5.74) is 11.3. The van der Waals surface area contributed by atoms with Gasteiger partial charge in [-0.1, -0.05) is 0 Å². The Balaban J connectivity index is 1.89. The molecular weight excluding hydrogens is 216 g/mol.